The second kappa shape index (κ2) is 5.83. The van der Waals surface area contributed by atoms with Crippen molar-refractivity contribution in [2.75, 3.05) is 20.2 Å². The summed E-state index contributed by atoms with van der Waals surface area (Å²) in [5.41, 5.74) is 0. The van der Waals surface area contributed by atoms with Crippen molar-refractivity contribution in [1.82, 2.24) is 5.32 Å². The molecule has 14 heavy (non-hydrogen) atoms. The molecule has 1 N–H and O–H groups in total. The second-order valence-electron chi connectivity index (χ2n) is 2.86. The Balaban J connectivity index is 2.46. The maximum absolute atomic E-state index is 13.2. The SMILES string of the molecule is CNCCCOc1cccc(Cl)c1F. The molecule has 0 atom stereocenters. The van der Waals surface area contributed by atoms with E-state index in [4.69, 9.17) is 16.3 Å². The van der Waals surface area contributed by atoms with Gasteiger partial charge in [0.1, 0.15) is 0 Å². The van der Waals surface area contributed by atoms with Crippen LogP contribution in [-0.2, 0) is 0 Å². The molecule has 0 spiro atoms. The van der Waals surface area contributed by atoms with Gasteiger partial charge >= 0.3 is 0 Å². The molecule has 0 bridgehead atoms. The molecule has 0 aliphatic carbocycles. The third-order valence-electron chi connectivity index (χ3n) is 1.74. The number of ether oxygens (including phenoxy) is 1. The zero-order valence-corrected chi connectivity index (χ0v) is 8.77. The van der Waals surface area contributed by atoms with Gasteiger partial charge in [0.25, 0.3) is 0 Å². The molecule has 0 fully saturated rings. The van der Waals surface area contributed by atoms with Gasteiger partial charge in [0.2, 0.25) is 0 Å². The molecule has 0 unspecified atom stereocenters. The van der Waals surface area contributed by atoms with E-state index in [1.807, 2.05) is 7.05 Å². The molecule has 1 aromatic rings. The summed E-state index contributed by atoms with van der Waals surface area (Å²) in [6, 6.07) is 4.73. The fraction of sp³-hybridized carbons (Fsp3) is 0.400. The van der Waals surface area contributed by atoms with Gasteiger partial charge in [0, 0.05) is 0 Å². The van der Waals surface area contributed by atoms with Crippen LogP contribution in [0.4, 0.5) is 4.39 Å². The quantitative estimate of drug-likeness (QED) is 0.766. The van der Waals surface area contributed by atoms with Crippen molar-refractivity contribution in [3.8, 4) is 5.75 Å². The summed E-state index contributed by atoms with van der Waals surface area (Å²) >= 11 is 5.59. The molecule has 1 aromatic carbocycles. The lowest BCUT2D eigenvalue weighted by Crippen LogP contribution is -2.11. The lowest BCUT2D eigenvalue weighted by atomic mass is 10.3. The molecule has 0 aromatic heterocycles. The molecule has 4 heteroatoms. The lowest BCUT2D eigenvalue weighted by molar-refractivity contribution is 0.295. The molecule has 0 heterocycles. The molecule has 0 saturated carbocycles. The van der Waals surface area contributed by atoms with Crippen molar-refractivity contribution < 1.29 is 9.13 Å². The van der Waals surface area contributed by atoms with Gasteiger partial charge in [-0.2, -0.15) is 0 Å². The van der Waals surface area contributed by atoms with Crippen molar-refractivity contribution in [1.29, 1.82) is 0 Å². The van der Waals surface area contributed by atoms with Crippen LogP contribution in [0, 0.1) is 5.82 Å². The molecular weight excluding hydrogens is 205 g/mol. The summed E-state index contributed by atoms with van der Waals surface area (Å²) in [5.74, 6) is -0.271. The van der Waals surface area contributed by atoms with Crippen molar-refractivity contribution in [2.45, 2.75) is 6.42 Å². The first-order chi connectivity index (χ1) is 6.75. The highest BCUT2D eigenvalue weighted by Gasteiger charge is 2.06. The number of rotatable bonds is 5. The largest absolute Gasteiger partial charge is 0.490 e. The Morgan fingerprint density at radius 2 is 2.29 bits per heavy atom. The third-order valence-corrected chi connectivity index (χ3v) is 2.04. The minimum absolute atomic E-state index is 0.0936. The Kier molecular flexibility index (Phi) is 4.70. The van der Waals surface area contributed by atoms with Gasteiger partial charge in [0.05, 0.1) is 11.6 Å². The summed E-state index contributed by atoms with van der Waals surface area (Å²) in [5, 5.41) is 3.07. The number of hydrogen-bond donors (Lipinski definition) is 1. The van der Waals surface area contributed by atoms with E-state index in [0.717, 1.165) is 13.0 Å². The normalized spacial score (nSPS) is 10.2. The van der Waals surface area contributed by atoms with Crippen LogP contribution in [0.15, 0.2) is 18.2 Å². The first kappa shape index (κ1) is 11.3. The third kappa shape index (κ3) is 3.16. The van der Waals surface area contributed by atoms with Gasteiger partial charge in [-0.25, -0.2) is 4.39 Å². The van der Waals surface area contributed by atoms with Crippen molar-refractivity contribution in [3.05, 3.63) is 29.0 Å². The molecule has 0 radical (unpaired) electrons. The molecular formula is C10H13ClFNO. The minimum atomic E-state index is -0.487. The Hall–Kier alpha value is -0.800. The van der Waals surface area contributed by atoms with E-state index in [2.05, 4.69) is 5.32 Å². The second-order valence-corrected chi connectivity index (χ2v) is 3.26. The van der Waals surface area contributed by atoms with E-state index in [-0.39, 0.29) is 10.8 Å². The zero-order chi connectivity index (χ0) is 10.4. The number of hydrogen-bond acceptors (Lipinski definition) is 2. The van der Waals surface area contributed by atoms with Crippen LogP contribution in [0.5, 0.6) is 5.75 Å². The molecule has 0 amide bonds. The Morgan fingerprint density at radius 3 is 3.00 bits per heavy atom. The smallest absolute Gasteiger partial charge is 0.183 e. The van der Waals surface area contributed by atoms with Crippen LogP contribution in [0.1, 0.15) is 6.42 Å². The predicted molar refractivity (Wildman–Crippen MR) is 55.4 cm³/mol. The first-order valence-corrected chi connectivity index (χ1v) is 4.85. The standard InChI is InChI=1S/C10H13ClFNO/c1-13-6-3-7-14-9-5-2-4-8(11)10(9)12/h2,4-5,13H,3,6-7H2,1H3. The van der Waals surface area contributed by atoms with Crippen LogP contribution >= 0.6 is 11.6 Å². The van der Waals surface area contributed by atoms with E-state index < -0.39 is 5.82 Å². The maximum atomic E-state index is 13.2. The molecule has 1 rings (SSSR count). The van der Waals surface area contributed by atoms with Crippen molar-refractivity contribution in [3.63, 3.8) is 0 Å². The van der Waals surface area contributed by atoms with E-state index in [0.29, 0.717) is 6.61 Å². The maximum Gasteiger partial charge on any atom is 0.183 e. The van der Waals surface area contributed by atoms with E-state index in [1.54, 1.807) is 12.1 Å². The summed E-state index contributed by atoms with van der Waals surface area (Å²) in [7, 11) is 1.86. The average Bonchev–Trinajstić information content (AvgIpc) is 2.19. The van der Waals surface area contributed by atoms with Crippen LogP contribution in [0.3, 0.4) is 0 Å². The Bertz CT molecular complexity index is 293. The van der Waals surface area contributed by atoms with E-state index in [1.165, 1.54) is 6.07 Å². The summed E-state index contributed by atoms with van der Waals surface area (Å²) < 4.78 is 18.5. The number of benzene rings is 1. The van der Waals surface area contributed by atoms with Gasteiger partial charge in [-0.05, 0) is 32.1 Å². The van der Waals surface area contributed by atoms with Gasteiger partial charge in [0.15, 0.2) is 11.6 Å². The molecule has 78 valence electrons. The van der Waals surface area contributed by atoms with Gasteiger partial charge in [-0.15, -0.1) is 0 Å². The highest BCUT2D eigenvalue weighted by Crippen LogP contribution is 2.23. The van der Waals surface area contributed by atoms with Crippen LogP contribution in [0.25, 0.3) is 0 Å². The molecule has 0 saturated heterocycles. The summed E-state index contributed by atoms with van der Waals surface area (Å²) in [4.78, 5) is 0. The Morgan fingerprint density at radius 1 is 1.50 bits per heavy atom. The molecule has 0 aliphatic heterocycles. The number of halogens is 2. The highest BCUT2D eigenvalue weighted by atomic mass is 35.5. The fourth-order valence-electron chi connectivity index (χ4n) is 1.03. The average molecular weight is 218 g/mol. The topological polar surface area (TPSA) is 21.3 Å². The fourth-order valence-corrected chi connectivity index (χ4v) is 1.19. The van der Waals surface area contributed by atoms with Gasteiger partial charge in [-0.1, -0.05) is 17.7 Å². The van der Waals surface area contributed by atoms with Gasteiger partial charge < -0.3 is 10.1 Å². The summed E-state index contributed by atoms with van der Waals surface area (Å²) in [6.45, 7) is 1.33. The molecule has 2 nitrogen and oxygen atoms in total. The minimum Gasteiger partial charge on any atom is -0.490 e. The van der Waals surface area contributed by atoms with Gasteiger partial charge in [-0.3, -0.25) is 0 Å². The van der Waals surface area contributed by atoms with E-state index >= 15 is 0 Å². The van der Waals surface area contributed by atoms with Crippen LogP contribution < -0.4 is 10.1 Å². The first-order valence-electron chi connectivity index (χ1n) is 4.47. The van der Waals surface area contributed by atoms with Crippen LogP contribution in [-0.4, -0.2) is 20.2 Å². The summed E-state index contributed by atoms with van der Waals surface area (Å²) in [6.07, 6.45) is 0.836. The van der Waals surface area contributed by atoms with Crippen molar-refractivity contribution in [2.24, 2.45) is 0 Å². The van der Waals surface area contributed by atoms with Crippen molar-refractivity contribution >= 4 is 11.6 Å². The molecule has 0 aliphatic rings. The predicted octanol–water partition coefficient (Wildman–Crippen LogP) is 2.47. The lowest BCUT2D eigenvalue weighted by Gasteiger charge is -2.07. The number of nitrogens with one attached hydrogen (secondary N) is 1. The highest BCUT2D eigenvalue weighted by molar-refractivity contribution is 6.30. The monoisotopic (exact) mass is 217 g/mol. The van der Waals surface area contributed by atoms with Crippen LogP contribution in [0.2, 0.25) is 5.02 Å². The Labute approximate surface area is 88.0 Å². The zero-order valence-electron chi connectivity index (χ0n) is 8.02. The van der Waals surface area contributed by atoms with E-state index in [9.17, 15) is 4.39 Å².